The number of hydrogen-bond acceptors (Lipinski definition) is 3. The number of H-pyrrole nitrogens is 1. The molecule has 0 aliphatic rings. The second-order valence-electron chi connectivity index (χ2n) is 3.62. The molecule has 2 heterocycles. The highest BCUT2D eigenvalue weighted by Crippen LogP contribution is 2.21. The van der Waals surface area contributed by atoms with Crippen LogP contribution >= 0.6 is 27.3 Å². The Morgan fingerprint density at radius 2 is 2.50 bits per heavy atom. The summed E-state index contributed by atoms with van der Waals surface area (Å²) >= 11 is 5.12. The molecule has 0 bridgehead atoms. The lowest BCUT2D eigenvalue weighted by Gasteiger charge is -2.10. The second-order valence-corrected chi connectivity index (χ2v) is 5.91. The van der Waals surface area contributed by atoms with E-state index in [1.54, 1.807) is 17.5 Å². The van der Waals surface area contributed by atoms with E-state index in [1.165, 1.54) is 5.56 Å². The van der Waals surface area contributed by atoms with Gasteiger partial charge in [-0.1, -0.05) is 0 Å². The van der Waals surface area contributed by atoms with Gasteiger partial charge in [-0.3, -0.25) is 0 Å². The van der Waals surface area contributed by atoms with Crippen molar-refractivity contribution in [1.82, 2.24) is 9.97 Å². The first-order valence-corrected chi connectivity index (χ1v) is 6.74. The second kappa shape index (κ2) is 5.61. The molecule has 0 saturated carbocycles. The zero-order chi connectivity index (χ0) is 11.4. The molecule has 0 spiro atoms. The van der Waals surface area contributed by atoms with Crippen molar-refractivity contribution < 1.29 is 4.74 Å². The van der Waals surface area contributed by atoms with Gasteiger partial charge in [0.15, 0.2) is 0 Å². The van der Waals surface area contributed by atoms with Gasteiger partial charge < -0.3 is 9.72 Å². The largest absolute Gasteiger partial charge is 0.373 e. The van der Waals surface area contributed by atoms with E-state index in [4.69, 9.17) is 4.74 Å². The lowest BCUT2D eigenvalue weighted by Crippen LogP contribution is -2.12. The third-order valence-corrected chi connectivity index (χ3v) is 3.75. The zero-order valence-corrected chi connectivity index (χ0v) is 11.3. The predicted molar refractivity (Wildman–Crippen MR) is 68.6 cm³/mol. The van der Waals surface area contributed by atoms with Crippen LogP contribution < -0.4 is 0 Å². The van der Waals surface area contributed by atoms with Gasteiger partial charge in [-0.2, -0.15) is 0 Å². The van der Waals surface area contributed by atoms with E-state index in [0.29, 0.717) is 6.61 Å². The Morgan fingerprint density at radius 1 is 1.62 bits per heavy atom. The van der Waals surface area contributed by atoms with Crippen molar-refractivity contribution in [3.8, 4) is 0 Å². The molecule has 2 aromatic heterocycles. The quantitative estimate of drug-likeness (QED) is 0.919. The van der Waals surface area contributed by atoms with Gasteiger partial charge in [0.1, 0.15) is 5.82 Å². The minimum absolute atomic E-state index is 0.171. The molecular formula is C11H13BrN2OS. The molecule has 0 aromatic carbocycles. The fourth-order valence-electron chi connectivity index (χ4n) is 1.40. The van der Waals surface area contributed by atoms with Crippen LogP contribution in [0.1, 0.15) is 18.3 Å². The van der Waals surface area contributed by atoms with Crippen molar-refractivity contribution in [3.63, 3.8) is 0 Å². The third-order valence-electron chi connectivity index (χ3n) is 2.19. The SMILES string of the molecule is CC(Cc1ncc[nH]1)OCc1csc(Br)c1. The maximum Gasteiger partial charge on any atom is 0.108 e. The molecule has 0 fully saturated rings. The number of thiophene rings is 1. The summed E-state index contributed by atoms with van der Waals surface area (Å²) in [7, 11) is 0. The van der Waals surface area contributed by atoms with Crippen molar-refractivity contribution in [2.24, 2.45) is 0 Å². The lowest BCUT2D eigenvalue weighted by atomic mass is 10.2. The Hall–Kier alpha value is -0.650. The molecule has 0 saturated heterocycles. The standard InChI is InChI=1S/C11H13BrN2OS/c1-8(4-11-13-2-3-14-11)15-6-9-5-10(12)16-7-9/h2-3,5,7-8H,4,6H2,1H3,(H,13,14). The molecule has 2 rings (SSSR count). The maximum atomic E-state index is 5.74. The van der Waals surface area contributed by atoms with Gasteiger partial charge in [-0.05, 0) is 39.9 Å². The molecule has 16 heavy (non-hydrogen) atoms. The summed E-state index contributed by atoms with van der Waals surface area (Å²) in [6.07, 6.45) is 4.58. The lowest BCUT2D eigenvalue weighted by molar-refractivity contribution is 0.0525. The van der Waals surface area contributed by atoms with Crippen molar-refractivity contribution in [2.75, 3.05) is 0 Å². The first-order valence-electron chi connectivity index (χ1n) is 5.07. The molecular weight excluding hydrogens is 288 g/mol. The summed E-state index contributed by atoms with van der Waals surface area (Å²) in [4.78, 5) is 7.25. The van der Waals surface area contributed by atoms with Crippen molar-refractivity contribution >= 4 is 27.3 Å². The average molecular weight is 301 g/mol. The van der Waals surface area contributed by atoms with Crippen LogP contribution in [0.4, 0.5) is 0 Å². The van der Waals surface area contributed by atoms with E-state index in [0.717, 1.165) is 16.0 Å². The van der Waals surface area contributed by atoms with Gasteiger partial charge >= 0.3 is 0 Å². The fraction of sp³-hybridized carbons (Fsp3) is 0.364. The van der Waals surface area contributed by atoms with E-state index >= 15 is 0 Å². The zero-order valence-electron chi connectivity index (χ0n) is 8.94. The molecule has 86 valence electrons. The average Bonchev–Trinajstić information content (AvgIpc) is 2.87. The fourth-order valence-corrected chi connectivity index (χ4v) is 2.59. The third kappa shape index (κ3) is 3.43. The Morgan fingerprint density at radius 3 is 3.12 bits per heavy atom. The Kier molecular flexibility index (Phi) is 4.15. The van der Waals surface area contributed by atoms with E-state index in [-0.39, 0.29) is 6.10 Å². The molecule has 0 amide bonds. The molecule has 2 aromatic rings. The molecule has 0 aliphatic carbocycles. The Labute approximate surface area is 107 Å². The van der Waals surface area contributed by atoms with E-state index in [9.17, 15) is 0 Å². The molecule has 1 unspecified atom stereocenters. The number of nitrogens with one attached hydrogen (secondary N) is 1. The van der Waals surface area contributed by atoms with E-state index < -0.39 is 0 Å². The molecule has 1 atom stereocenters. The normalized spacial score (nSPS) is 12.9. The van der Waals surface area contributed by atoms with E-state index in [1.807, 2.05) is 6.20 Å². The minimum Gasteiger partial charge on any atom is -0.373 e. The summed E-state index contributed by atoms with van der Waals surface area (Å²) in [5.74, 6) is 0.971. The highest BCUT2D eigenvalue weighted by molar-refractivity contribution is 9.11. The smallest absolute Gasteiger partial charge is 0.108 e. The monoisotopic (exact) mass is 300 g/mol. The number of aromatic nitrogens is 2. The number of halogens is 1. The predicted octanol–water partition coefficient (Wildman–Crippen LogP) is 3.38. The summed E-state index contributed by atoms with van der Waals surface area (Å²) in [5, 5.41) is 2.10. The number of rotatable bonds is 5. The highest BCUT2D eigenvalue weighted by atomic mass is 79.9. The maximum absolute atomic E-state index is 5.74. The molecule has 0 radical (unpaired) electrons. The van der Waals surface area contributed by atoms with Crippen LogP contribution in [-0.4, -0.2) is 16.1 Å². The van der Waals surface area contributed by atoms with Crippen LogP contribution in [0.5, 0.6) is 0 Å². The van der Waals surface area contributed by atoms with Crippen molar-refractivity contribution in [2.45, 2.75) is 26.1 Å². The number of ether oxygens (including phenoxy) is 1. The van der Waals surface area contributed by atoms with Crippen LogP contribution in [0.2, 0.25) is 0 Å². The summed E-state index contributed by atoms with van der Waals surface area (Å²) < 4.78 is 6.88. The van der Waals surface area contributed by atoms with Crippen LogP contribution in [0, 0.1) is 0 Å². The van der Waals surface area contributed by atoms with Gasteiger partial charge in [-0.25, -0.2) is 4.98 Å². The van der Waals surface area contributed by atoms with Crippen LogP contribution in [0.25, 0.3) is 0 Å². The van der Waals surface area contributed by atoms with Gasteiger partial charge in [0.05, 0.1) is 16.5 Å². The summed E-state index contributed by atoms with van der Waals surface area (Å²) in [5.41, 5.74) is 1.21. The molecule has 0 aliphatic heterocycles. The van der Waals surface area contributed by atoms with Gasteiger partial charge in [-0.15, -0.1) is 11.3 Å². The van der Waals surface area contributed by atoms with Crippen LogP contribution in [0.3, 0.4) is 0 Å². The Bertz CT molecular complexity index is 427. The summed E-state index contributed by atoms with van der Waals surface area (Å²) in [6.45, 7) is 2.72. The summed E-state index contributed by atoms with van der Waals surface area (Å²) in [6, 6.07) is 2.09. The topological polar surface area (TPSA) is 37.9 Å². The highest BCUT2D eigenvalue weighted by Gasteiger charge is 2.06. The van der Waals surface area contributed by atoms with Crippen molar-refractivity contribution in [3.05, 3.63) is 39.0 Å². The van der Waals surface area contributed by atoms with Gasteiger partial charge in [0.25, 0.3) is 0 Å². The molecule has 5 heteroatoms. The number of nitrogens with zero attached hydrogens (tertiary/aromatic N) is 1. The van der Waals surface area contributed by atoms with Crippen LogP contribution in [-0.2, 0) is 17.8 Å². The minimum atomic E-state index is 0.171. The Balaban J connectivity index is 1.77. The molecule has 1 N–H and O–H groups in total. The first-order chi connectivity index (χ1) is 7.74. The number of imidazole rings is 1. The van der Waals surface area contributed by atoms with Gasteiger partial charge in [0.2, 0.25) is 0 Å². The van der Waals surface area contributed by atoms with E-state index in [2.05, 4.69) is 44.3 Å². The van der Waals surface area contributed by atoms with Crippen molar-refractivity contribution in [1.29, 1.82) is 0 Å². The molecule has 3 nitrogen and oxygen atoms in total. The van der Waals surface area contributed by atoms with Gasteiger partial charge in [0, 0.05) is 18.8 Å². The first kappa shape index (κ1) is 11.8. The number of aromatic amines is 1. The van der Waals surface area contributed by atoms with Crippen LogP contribution in [0.15, 0.2) is 27.6 Å². The number of hydrogen-bond donors (Lipinski definition) is 1.